The van der Waals surface area contributed by atoms with Crippen LogP contribution >= 0.6 is 0 Å². The molecule has 2 rings (SSSR count). The van der Waals surface area contributed by atoms with Crippen LogP contribution in [0.2, 0.25) is 0 Å². The molecule has 1 saturated carbocycles. The van der Waals surface area contributed by atoms with Crippen LogP contribution in [-0.4, -0.2) is 35.7 Å². The predicted octanol–water partition coefficient (Wildman–Crippen LogP) is 1.24. The van der Waals surface area contributed by atoms with Gasteiger partial charge in [0.2, 0.25) is 0 Å². The third-order valence-corrected chi connectivity index (χ3v) is 3.43. The molecule has 2 aliphatic rings. The third kappa shape index (κ3) is 1.64. The molecule has 1 N–H and O–H groups in total. The Bertz CT molecular complexity index is 145. The first-order valence-corrected chi connectivity index (χ1v) is 5.25. The summed E-state index contributed by atoms with van der Waals surface area (Å²) in [4.78, 5) is 2.49. The zero-order valence-electron chi connectivity index (χ0n) is 7.71. The number of rotatable bonds is 3. The summed E-state index contributed by atoms with van der Waals surface area (Å²) in [5, 5.41) is 9.10. The maximum absolute atomic E-state index is 9.10. The van der Waals surface area contributed by atoms with Gasteiger partial charge in [0.05, 0.1) is 6.61 Å². The van der Waals surface area contributed by atoms with Gasteiger partial charge in [-0.25, -0.2) is 0 Å². The molecule has 0 aromatic carbocycles. The van der Waals surface area contributed by atoms with Crippen molar-refractivity contribution in [3.63, 3.8) is 0 Å². The minimum atomic E-state index is 0.368. The fraction of sp³-hybridized carbons (Fsp3) is 1.00. The van der Waals surface area contributed by atoms with Gasteiger partial charge in [0.15, 0.2) is 0 Å². The molecule has 0 aromatic heterocycles. The number of hydrogen-bond acceptors (Lipinski definition) is 2. The van der Waals surface area contributed by atoms with E-state index in [1.54, 1.807) is 0 Å². The average Bonchev–Trinajstić information content (AvgIpc) is 2.43. The SMILES string of the molecule is OC[C@H]1CCCN1CC1CCC1. The Morgan fingerprint density at radius 3 is 2.58 bits per heavy atom. The fourth-order valence-corrected chi connectivity index (χ4v) is 2.35. The van der Waals surface area contributed by atoms with E-state index in [9.17, 15) is 0 Å². The number of aliphatic hydroxyl groups excluding tert-OH is 1. The molecule has 12 heavy (non-hydrogen) atoms. The summed E-state index contributed by atoms with van der Waals surface area (Å²) in [5.41, 5.74) is 0. The number of nitrogens with zero attached hydrogens (tertiary/aromatic N) is 1. The normalized spacial score (nSPS) is 32.2. The van der Waals surface area contributed by atoms with Crippen LogP contribution in [0.5, 0.6) is 0 Å². The van der Waals surface area contributed by atoms with Crippen molar-refractivity contribution in [1.82, 2.24) is 4.90 Å². The quantitative estimate of drug-likeness (QED) is 0.687. The maximum atomic E-state index is 9.10. The van der Waals surface area contributed by atoms with Gasteiger partial charge in [0, 0.05) is 12.6 Å². The highest BCUT2D eigenvalue weighted by Crippen LogP contribution is 2.29. The fourth-order valence-electron chi connectivity index (χ4n) is 2.35. The largest absolute Gasteiger partial charge is 0.395 e. The summed E-state index contributed by atoms with van der Waals surface area (Å²) in [6, 6.07) is 0.491. The Morgan fingerprint density at radius 1 is 1.17 bits per heavy atom. The first-order valence-electron chi connectivity index (χ1n) is 5.25. The summed E-state index contributed by atoms with van der Waals surface area (Å²) in [6.07, 6.45) is 6.78. The second-order valence-electron chi connectivity index (χ2n) is 4.27. The highest BCUT2D eigenvalue weighted by atomic mass is 16.3. The molecule has 70 valence electrons. The van der Waals surface area contributed by atoms with E-state index in [-0.39, 0.29) is 0 Å². The molecule has 2 nitrogen and oxygen atoms in total. The van der Waals surface area contributed by atoms with E-state index in [2.05, 4.69) is 4.90 Å². The molecule has 1 aliphatic heterocycles. The summed E-state index contributed by atoms with van der Waals surface area (Å²) < 4.78 is 0. The second kappa shape index (κ2) is 3.75. The Morgan fingerprint density at radius 2 is 2.00 bits per heavy atom. The van der Waals surface area contributed by atoms with Crippen LogP contribution in [-0.2, 0) is 0 Å². The van der Waals surface area contributed by atoms with Crippen molar-refractivity contribution in [3.05, 3.63) is 0 Å². The van der Waals surface area contributed by atoms with Crippen molar-refractivity contribution in [1.29, 1.82) is 0 Å². The smallest absolute Gasteiger partial charge is 0.0586 e. The van der Waals surface area contributed by atoms with E-state index < -0.39 is 0 Å². The number of aliphatic hydroxyl groups is 1. The van der Waals surface area contributed by atoms with Gasteiger partial charge in [0.25, 0.3) is 0 Å². The molecule has 1 aliphatic carbocycles. The molecule has 0 aromatic rings. The summed E-state index contributed by atoms with van der Waals surface area (Å²) in [6.45, 7) is 2.85. The van der Waals surface area contributed by atoms with E-state index in [1.807, 2.05) is 0 Å². The number of likely N-dealkylation sites (tertiary alicyclic amines) is 1. The monoisotopic (exact) mass is 169 g/mol. The Balaban J connectivity index is 1.77. The van der Waals surface area contributed by atoms with Gasteiger partial charge in [-0.2, -0.15) is 0 Å². The Kier molecular flexibility index (Phi) is 2.66. The number of hydrogen-bond donors (Lipinski definition) is 1. The molecule has 2 heteroatoms. The van der Waals surface area contributed by atoms with Gasteiger partial charge in [-0.3, -0.25) is 4.90 Å². The summed E-state index contributed by atoms with van der Waals surface area (Å²) in [5.74, 6) is 0.956. The molecule has 1 heterocycles. The third-order valence-electron chi connectivity index (χ3n) is 3.43. The van der Waals surface area contributed by atoms with Crippen LogP contribution in [0, 0.1) is 5.92 Å². The Hall–Kier alpha value is -0.0800. The summed E-state index contributed by atoms with van der Waals surface area (Å²) >= 11 is 0. The zero-order valence-corrected chi connectivity index (χ0v) is 7.71. The van der Waals surface area contributed by atoms with Gasteiger partial charge < -0.3 is 5.11 Å². The van der Waals surface area contributed by atoms with Crippen molar-refractivity contribution in [2.45, 2.75) is 38.1 Å². The van der Waals surface area contributed by atoms with Gasteiger partial charge in [-0.15, -0.1) is 0 Å². The van der Waals surface area contributed by atoms with Crippen LogP contribution in [0.1, 0.15) is 32.1 Å². The van der Waals surface area contributed by atoms with E-state index in [0.29, 0.717) is 12.6 Å². The van der Waals surface area contributed by atoms with Crippen molar-refractivity contribution in [3.8, 4) is 0 Å². The van der Waals surface area contributed by atoms with E-state index in [0.717, 1.165) is 5.92 Å². The van der Waals surface area contributed by atoms with Gasteiger partial charge >= 0.3 is 0 Å². The van der Waals surface area contributed by atoms with Crippen LogP contribution in [0.15, 0.2) is 0 Å². The van der Waals surface area contributed by atoms with E-state index >= 15 is 0 Å². The standard InChI is InChI=1S/C10H19NO/c12-8-10-5-2-6-11(10)7-9-3-1-4-9/h9-10,12H,1-8H2/t10-/m1/s1. The molecule has 0 radical (unpaired) electrons. The minimum Gasteiger partial charge on any atom is -0.395 e. The minimum absolute atomic E-state index is 0.368. The van der Waals surface area contributed by atoms with Crippen molar-refractivity contribution in [2.75, 3.05) is 19.7 Å². The highest BCUT2D eigenvalue weighted by Gasteiger charge is 2.28. The molecule has 1 atom stereocenters. The van der Waals surface area contributed by atoms with Gasteiger partial charge in [0.1, 0.15) is 0 Å². The maximum Gasteiger partial charge on any atom is 0.0586 e. The lowest BCUT2D eigenvalue weighted by Crippen LogP contribution is -2.37. The van der Waals surface area contributed by atoms with Gasteiger partial charge in [-0.05, 0) is 38.1 Å². The highest BCUT2D eigenvalue weighted by molar-refractivity contribution is 4.82. The van der Waals surface area contributed by atoms with Crippen LogP contribution in [0.25, 0.3) is 0 Å². The zero-order chi connectivity index (χ0) is 8.39. The second-order valence-corrected chi connectivity index (χ2v) is 4.27. The van der Waals surface area contributed by atoms with Crippen molar-refractivity contribution >= 4 is 0 Å². The Labute approximate surface area is 74.6 Å². The lowest BCUT2D eigenvalue weighted by atomic mass is 9.85. The lowest BCUT2D eigenvalue weighted by Gasteiger charge is -2.32. The average molecular weight is 169 g/mol. The molecular weight excluding hydrogens is 150 g/mol. The van der Waals surface area contributed by atoms with E-state index in [1.165, 1.54) is 45.2 Å². The molecular formula is C10H19NO. The lowest BCUT2D eigenvalue weighted by molar-refractivity contribution is 0.120. The molecule has 0 bridgehead atoms. The van der Waals surface area contributed by atoms with E-state index in [4.69, 9.17) is 5.11 Å². The first kappa shape index (κ1) is 8.52. The molecule has 0 spiro atoms. The topological polar surface area (TPSA) is 23.5 Å². The molecule has 0 amide bonds. The molecule has 1 saturated heterocycles. The van der Waals surface area contributed by atoms with Crippen LogP contribution in [0.4, 0.5) is 0 Å². The van der Waals surface area contributed by atoms with Crippen molar-refractivity contribution < 1.29 is 5.11 Å². The summed E-state index contributed by atoms with van der Waals surface area (Å²) in [7, 11) is 0. The van der Waals surface area contributed by atoms with Crippen LogP contribution < -0.4 is 0 Å². The van der Waals surface area contributed by atoms with Crippen molar-refractivity contribution in [2.24, 2.45) is 5.92 Å². The first-order chi connectivity index (χ1) is 5.90. The van der Waals surface area contributed by atoms with Gasteiger partial charge in [-0.1, -0.05) is 6.42 Å². The molecule has 2 fully saturated rings. The van der Waals surface area contributed by atoms with Crippen LogP contribution in [0.3, 0.4) is 0 Å². The predicted molar refractivity (Wildman–Crippen MR) is 49.0 cm³/mol. The molecule has 0 unspecified atom stereocenters.